The standard InChI is InChI=1S/C13H9ClN2O/c14-12-5-1-3-10(7-12)9-17-13-11(8-15)4-2-6-16-13/h1-7H,9H2. The number of hydrogen-bond acceptors (Lipinski definition) is 3. The van der Waals surface area contributed by atoms with Crippen molar-refractivity contribution in [2.75, 3.05) is 0 Å². The number of aromatic nitrogens is 1. The van der Waals surface area contributed by atoms with Gasteiger partial charge < -0.3 is 4.74 Å². The van der Waals surface area contributed by atoms with E-state index >= 15 is 0 Å². The van der Waals surface area contributed by atoms with Gasteiger partial charge in [0.05, 0.1) is 0 Å². The first-order chi connectivity index (χ1) is 8.29. The van der Waals surface area contributed by atoms with Crippen molar-refractivity contribution in [2.24, 2.45) is 0 Å². The highest BCUT2D eigenvalue weighted by Crippen LogP contribution is 2.16. The Morgan fingerprint density at radius 3 is 2.94 bits per heavy atom. The first-order valence-corrected chi connectivity index (χ1v) is 5.40. The monoisotopic (exact) mass is 244 g/mol. The van der Waals surface area contributed by atoms with E-state index < -0.39 is 0 Å². The Bertz CT molecular complexity index is 563. The smallest absolute Gasteiger partial charge is 0.231 e. The van der Waals surface area contributed by atoms with E-state index in [9.17, 15) is 0 Å². The second-order valence-corrected chi connectivity index (χ2v) is 3.82. The van der Waals surface area contributed by atoms with E-state index in [0.29, 0.717) is 23.1 Å². The fourth-order valence-electron chi connectivity index (χ4n) is 1.37. The van der Waals surface area contributed by atoms with Crippen LogP contribution in [0, 0.1) is 11.3 Å². The molecule has 0 aliphatic heterocycles. The van der Waals surface area contributed by atoms with Crippen molar-refractivity contribution in [1.29, 1.82) is 5.26 Å². The van der Waals surface area contributed by atoms with Crippen LogP contribution in [-0.2, 0) is 6.61 Å². The summed E-state index contributed by atoms with van der Waals surface area (Å²) in [4.78, 5) is 4.01. The lowest BCUT2D eigenvalue weighted by molar-refractivity contribution is 0.293. The molecule has 17 heavy (non-hydrogen) atoms. The van der Waals surface area contributed by atoms with Gasteiger partial charge in [-0.1, -0.05) is 23.7 Å². The number of halogens is 1. The molecule has 0 amide bonds. The summed E-state index contributed by atoms with van der Waals surface area (Å²) in [5, 5.41) is 9.53. The first kappa shape index (κ1) is 11.4. The highest BCUT2D eigenvalue weighted by molar-refractivity contribution is 6.30. The molecule has 0 bridgehead atoms. The predicted octanol–water partition coefficient (Wildman–Crippen LogP) is 3.19. The van der Waals surface area contributed by atoms with E-state index in [-0.39, 0.29) is 0 Å². The average Bonchev–Trinajstić information content (AvgIpc) is 2.37. The van der Waals surface area contributed by atoms with Gasteiger partial charge in [0.25, 0.3) is 0 Å². The average molecular weight is 245 g/mol. The molecular weight excluding hydrogens is 236 g/mol. The summed E-state index contributed by atoms with van der Waals surface area (Å²) >= 11 is 5.86. The Balaban J connectivity index is 2.10. The van der Waals surface area contributed by atoms with E-state index in [1.165, 1.54) is 0 Å². The van der Waals surface area contributed by atoms with E-state index in [2.05, 4.69) is 4.98 Å². The summed E-state index contributed by atoms with van der Waals surface area (Å²) < 4.78 is 5.48. The fourth-order valence-corrected chi connectivity index (χ4v) is 1.58. The third-order valence-electron chi connectivity index (χ3n) is 2.16. The van der Waals surface area contributed by atoms with Crippen LogP contribution < -0.4 is 4.74 Å². The maximum absolute atomic E-state index is 8.87. The van der Waals surface area contributed by atoms with Gasteiger partial charge in [0.2, 0.25) is 5.88 Å². The van der Waals surface area contributed by atoms with Gasteiger partial charge >= 0.3 is 0 Å². The van der Waals surface area contributed by atoms with Crippen LogP contribution in [0.3, 0.4) is 0 Å². The zero-order valence-electron chi connectivity index (χ0n) is 8.93. The van der Waals surface area contributed by atoms with Crippen molar-refractivity contribution in [2.45, 2.75) is 6.61 Å². The quantitative estimate of drug-likeness (QED) is 0.833. The van der Waals surface area contributed by atoms with Gasteiger partial charge in [-0.15, -0.1) is 0 Å². The largest absolute Gasteiger partial charge is 0.472 e. The highest BCUT2D eigenvalue weighted by Gasteiger charge is 2.03. The van der Waals surface area contributed by atoms with Gasteiger partial charge in [0.1, 0.15) is 18.2 Å². The molecule has 1 aromatic heterocycles. The van der Waals surface area contributed by atoms with Crippen LogP contribution in [0.4, 0.5) is 0 Å². The third-order valence-corrected chi connectivity index (χ3v) is 2.39. The van der Waals surface area contributed by atoms with Crippen molar-refractivity contribution >= 4 is 11.6 Å². The minimum atomic E-state index is 0.340. The van der Waals surface area contributed by atoms with Gasteiger partial charge in [-0.2, -0.15) is 5.26 Å². The molecule has 2 aromatic rings. The minimum absolute atomic E-state index is 0.340. The summed E-state index contributed by atoms with van der Waals surface area (Å²) in [6.07, 6.45) is 1.59. The topological polar surface area (TPSA) is 45.9 Å². The number of nitriles is 1. The maximum Gasteiger partial charge on any atom is 0.231 e. The lowest BCUT2D eigenvalue weighted by Crippen LogP contribution is -1.98. The lowest BCUT2D eigenvalue weighted by Gasteiger charge is -2.06. The van der Waals surface area contributed by atoms with Crippen LogP contribution in [0.25, 0.3) is 0 Å². The Kier molecular flexibility index (Phi) is 3.59. The van der Waals surface area contributed by atoms with Crippen LogP contribution in [0.15, 0.2) is 42.6 Å². The molecular formula is C13H9ClN2O. The Labute approximate surface area is 104 Å². The van der Waals surface area contributed by atoms with Crippen LogP contribution >= 0.6 is 11.6 Å². The minimum Gasteiger partial charge on any atom is -0.472 e. The lowest BCUT2D eigenvalue weighted by atomic mass is 10.2. The van der Waals surface area contributed by atoms with Gasteiger partial charge in [-0.05, 0) is 29.8 Å². The Morgan fingerprint density at radius 1 is 1.29 bits per heavy atom. The molecule has 1 aromatic carbocycles. The number of rotatable bonds is 3. The summed E-state index contributed by atoms with van der Waals surface area (Å²) in [5.41, 5.74) is 1.36. The van der Waals surface area contributed by atoms with Gasteiger partial charge in [-0.3, -0.25) is 0 Å². The van der Waals surface area contributed by atoms with Crippen LogP contribution in [0.1, 0.15) is 11.1 Å². The molecule has 0 spiro atoms. The molecule has 0 aliphatic carbocycles. The number of ether oxygens (including phenoxy) is 1. The van der Waals surface area contributed by atoms with Gasteiger partial charge in [0.15, 0.2) is 0 Å². The number of pyridine rings is 1. The van der Waals surface area contributed by atoms with Crippen LogP contribution in [0.2, 0.25) is 5.02 Å². The molecule has 0 fully saturated rings. The zero-order valence-corrected chi connectivity index (χ0v) is 9.69. The maximum atomic E-state index is 8.87. The molecule has 0 saturated heterocycles. The van der Waals surface area contributed by atoms with Crippen molar-refractivity contribution in [3.8, 4) is 11.9 Å². The third kappa shape index (κ3) is 2.96. The second kappa shape index (κ2) is 5.33. The normalized spacial score (nSPS) is 9.65. The highest BCUT2D eigenvalue weighted by atomic mass is 35.5. The van der Waals surface area contributed by atoms with Crippen molar-refractivity contribution in [1.82, 2.24) is 4.98 Å². The number of nitrogens with zero attached hydrogens (tertiary/aromatic N) is 2. The molecule has 4 heteroatoms. The molecule has 0 radical (unpaired) electrons. The summed E-state index contributed by atoms with van der Waals surface area (Å²) in [6, 6.07) is 12.8. The van der Waals surface area contributed by atoms with Crippen LogP contribution in [-0.4, -0.2) is 4.98 Å². The molecule has 0 atom stereocenters. The van der Waals surface area contributed by atoms with E-state index in [1.54, 1.807) is 24.4 Å². The second-order valence-electron chi connectivity index (χ2n) is 3.39. The van der Waals surface area contributed by atoms with Gasteiger partial charge in [0, 0.05) is 11.2 Å². The van der Waals surface area contributed by atoms with E-state index in [1.807, 2.05) is 24.3 Å². The fraction of sp³-hybridized carbons (Fsp3) is 0.0769. The molecule has 1 heterocycles. The predicted molar refractivity (Wildman–Crippen MR) is 64.7 cm³/mol. The van der Waals surface area contributed by atoms with Crippen molar-refractivity contribution in [3.63, 3.8) is 0 Å². The van der Waals surface area contributed by atoms with E-state index in [0.717, 1.165) is 5.56 Å². The van der Waals surface area contributed by atoms with Crippen LogP contribution in [0.5, 0.6) is 5.88 Å². The number of hydrogen-bond donors (Lipinski definition) is 0. The summed E-state index contributed by atoms with van der Waals surface area (Å²) in [7, 11) is 0. The molecule has 0 saturated carbocycles. The van der Waals surface area contributed by atoms with Crippen molar-refractivity contribution < 1.29 is 4.74 Å². The van der Waals surface area contributed by atoms with Gasteiger partial charge in [-0.25, -0.2) is 4.98 Å². The molecule has 0 unspecified atom stereocenters. The Morgan fingerprint density at radius 2 is 2.18 bits per heavy atom. The SMILES string of the molecule is N#Cc1cccnc1OCc1cccc(Cl)c1. The molecule has 2 rings (SSSR count). The summed E-state index contributed by atoms with van der Waals surface area (Å²) in [6.45, 7) is 0.340. The molecule has 3 nitrogen and oxygen atoms in total. The molecule has 0 aliphatic rings. The number of benzene rings is 1. The zero-order chi connectivity index (χ0) is 12.1. The molecule has 84 valence electrons. The molecule has 0 N–H and O–H groups in total. The van der Waals surface area contributed by atoms with Crippen molar-refractivity contribution in [3.05, 3.63) is 58.7 Å². The van der Waals surface area contributed by atoms with E-state index in [4.69, 9.17) is 21.6 Å². The first-order valence-electron chi connectivity index (χ1n) is 5.02. The Hall–Kier alpha value is -2.05. The summed E-state index contributed by atoms with van der Waals surface area (Å²) in [5.74, 6) is 0.343.